The fraction of sp³-hybridized carbons (Fsp3) is 0.464. The number of nitrogens with zero attached hydrogens (tertiary/aromatic N) is 6. The SMILES string of the molecule is CCCCc1cn(C2CCCC2CCC)c(=O)n1Cc1ccc(-c2ccccc2-c2nnn[nH]2)cn1. The van der Waals surface area contributed by atoms with Gasteiger partial charge in [0.2, 0.25) is 0 Å². The number of aryl methyl sites for hydroxylation is 1. The molecule has 0 spiro atoms. The predicted octanol–water partition coefficient (Wildman–Crippen LogP) is 5.42. The highest BCUT2D eigenvalue weighted by atomic mass is 16.1. The Bertz CT molecular complexity index is 1320. The smallest absolute Gasteiger partial charge is 0.296 e. The number of H-pyrrole nitrogens is 1. The Hall–Kier alpha value is -3.55. The minimum Gasteiger partial charge on any atom is -0.296 e. The van der Waals surface area contributed by atoms with Gasteiger partial charge in [0.15, 0.2) is 5.82 Å². The molecule has 3 aromatic heterocycles. The van der Waals surface area contributed by atoms with Crippen LogP contribution in [0.4, 0.5) is 0 Å². The van der Waals surface area contributed by atoms with Crippen LogP contribution in [-0.2, 0) is 13.0 Å². The normalized spacial score (nSPS) is 17.6. The van der Waals surface area contributed by atoms with Gasteiger partial charge in [-0.2, -0.15) is 0 Å². The zero-order valence-electron chi connectivity index (χ0n) is 21.2. The Morgan fingerprint density at radius 3 is 2.64 bits per heavy atom. The summed E-state index contributed by atoms with van der Waals surface area (Å²) in [5.74, 6) is 1.23. The number of aromatic nitrogens is 7. The molecule has 4 aromatic rings. The van der Waals surface area contributed by atoms with Crippen LogP contribution in [0.25, 0.3) is 22.5 Å². The first kappa shape index (κ1) is 24.2. The van der Waals surface area contributed by atoms with Gasteiger partial charge in [0.05, 0.1) is 12.2 Å². The van der Waals surface area contributed by atoms with Crippen LogP contribution < -0.4 is 5.69 Å². The molecule has 2 unspecified atom stereocenters. The first-order valence-electron chi connectivity index (χ1n) is 13.3. The maximum Gasteiger partial charge on any atom is 0.328 e. The van der Waals surface area contributed by atoms with Gasteiger partial charge in [0.25, 0.3) is 0 Å². The van der Waals surface area contributed by atoms with Crippen LogP contribution in [0.5, 0.6) is 0 Å². The van der Waals surface area contributed by atoms with E-state index >= 15 is 0 Å². The Morgan fingerprint density at radius 1 is 1.06 bits per heavy atom. The van der Waals surface area contributed by atoms with Crippen molar-refractivity contribution in [1.82, 2.24) is 34.7 Å². The number of imidazole rings is 1. The molecule has 2 atom stereocenters. The van der Waals surface area contributed by atoms with E-state index in [1.807, 2.05) is 45.7 Å². The molecule has 0 saturated heterocycles. The van der Waals surface area contributed by atoms with E-state index in [1.54, 1.807) is 0 Å². The number of tetrazole rings is 1. The number of hydrogen-bond acceptors (Lipinski definition) is 5. The molecule has 8 heteroatoms. The summed E-state index contributed by atoms with van der Waals surface area (Å²) in [5, 5.41) is 14.3. The third kappa shape index (κ3) is 4.90. The summed E-state index contributed by atoms with van der Waals surface area (Å²) in [6, 6.07) is 12.4. The number of aromatic amines is 1. The molecule has 188 valence electrons. The van der Waals surface area contributed by atoms with Crippen molar-refractivity contribution < 1.29 is 0 Å². The van der Waals surface area contributed by atoms with Crippen molar-refractivity contribution in [2.24, 2.45) is 5.92 Å². The molecule has 1 aliphatic rings. The van der Waals surface area contributed by atoms with Crippen molar-refractivity contribution in [3.05, 3.63) is 70.7 Å². The van der Waals surface area contributed by atoms with Gasteiger partial charge in [-0.05, 0) is 60.1 Å². The third-order valence-corrected chi connectivity index (χ3v) is 7.49. The summed E-state index contributed by atoms with van der Waals surface area (Å²) in [4.78, 5) is 18.4. The van der Waals surface area contributed by atoms with E-state index in [4.69, 9.17) is 4.98 Å². The molecule has 36 heavy (non-hydrogen) atoms. The molecule has 0 aliphatic heterocycles. The summed E-state index contributed by atoms with van der Waals surface area (Å²) in [7, 11) is 0. The lowest BCUT2D eigenvalue weighted by Crippen LogP contribution is -2.30. The second-order valence-corrected chi connectivity index (χ2v) is 9.88. The van der Waals surface area contributed by atoms with Crippen molar-refractivity contribution in [3.63, 3.8) is 0 Å². The summed E-state index contributed by atoms with van der Waals surface area (Å²) in [6.45, 7) is 4.93. The fourth-order valence-corrected chi connectivity index (χ4v) is 5.66. The standard InChI is InChI=1S/C28H35N7O/c1-3-5-11-23-19-35(26-14-8-10-20(26)9-4-2)28(36)34(23)18-22-16-15-21(17-29-22)24-12-6-7-13-25(24)27-30-32-33-31-27/h6-7,12-13,15-17,19-20,26H,3-5,8-11,14,18H2,1-2H3,(H,30,31,32,33). The molecule has 1 N–H and O–H groups in total. The number of hydrogen-bond donors (Lipinski definition) is 1. The molecule has 1 aromatic carbocycles. The van der Waals surface area contributed by atoms with Gasteiger partial charge in [0.1, 0.15) is 0 Å². The molecule has 0 bridgehead atoms. The molecule has 8 nitrogen and oxygen atoms in total. The van der Waals surface area contributed by atoms with Crippen molar-refractivity contribution in [2.75, 3.05) is 0 Å². The lowest BCUT2D eigenvalue weighted by atomic mass is 9.98. The topological polar surface area (TPSA) is 94.3 Å². The van der Waals surface area contributed by atoms with Crippen molar-refractivity contribution in [1.29, 1.82) is 0 Å². The highest BCUT2D eigenvalue weighted by Crippen LogP contribution is 2.38. The minimum atomic E-state index is 0.114. The molecular weight excluding hydrogens is 450 g/mol. The summed E-state index contributed by atoms with van der Waals surface area (Å²) >= 11 is 0. The minimum absolute atomic E-state index is 0.114. The maximum absolute atomic E-state index is 13.6. The second kappa shape index (κ2) is 11.0. The highest BCUT2D eigenvalue weighted by molar-refractivity contribution is 5.79. The number of rotatable bonds is 10. The van der Waals surface area contributed by atoms with Crippen LogP contribution in [0, 0.1) is 5.92 Å². The van der Waals surface area contributed by atoms with Crippen molar-refractivity contribution in [2.45, 2.75) is 77.8 Å². The number of pyridine rings is 1. The molecule has 3 heterocycles. The Kier molecular flexibility index (Phi) is 7.39. The lowest BCUT2D eigenvalue weighted by Gasteiger charge is -2.19. The number of unbranched alkanes of at least 4 members (excludes halogenated alkanes) is 1. The predicted molar refractivity (Wildman–Crippen MR) is 141 cm³/mol. The van der Waals surface area contributed by atoms with Gasteiger partial charge < -0.3 is 0 Å². The number of nitrogens with one attached hydrogen (secondary N) is 1. The summed E-state index contributed by atoms with van der Waals surface area (Å²) in [6.07, 6.45) is 13.0. The molecule has 5 rings (SSSR count). The van der Waals surface area contributed by atoms with E-state index in [9.17, 15) is 4.79 Å². The largest absolute Gasteiger partial charge is 0.328 e. The maximum atomic E-state index is 13.6. The van der Waals surface area contributed by atoms with Gasteiger partial charge in [-0.15, -0.1) is 5.10 Å². The van der Waals surface area contributed by atoms with Crippen LogP contribution >= 0.6 is 0 Å². The van der Waals surface area contributed by atoms with Crippen LogP contribution in [-0.4, -0.2) is 34.7 Å². The summed E-state index contributed by atoms with van der Waals surface area (Å²) in [5.41, 5.74) is 5.03. The van der Waals surface area contributed by atoms with Crippen molar-refractivity contribution in [3.8, 4) is 22.5 Å². The Labute approximate surface area is 211 Å². The van der Waals surface area contributed by atoms with E-state index in [2.05, 4.69) is 46.7 Å². The van der Waals surface area contributed by atoms with Gasteiger partial charge in [-0.1, -0.05) is 63.4 Å². The molecular formula is C28H35N7O. The molecule has 1 fully saturated rings. The van der Waals surface area contributed by atoms with E-state index in [0.717, 1.165) is 53.8 Å². The Balaban J connectivity index is 1.43. The first-order valence-corrected chi connectivity index (χ1v) is 13.3. The highest BCUT2D eigenvalue weighted by Gasteiger charge is 2.30. The average Bonchev–Trinajstić information content (AvgIpc) is 3.66. The van der Waals surface area contributed by atoms with Gasteiger partial charge in [0, 0.05) is 35.3 Å². The lowest BCUT2D eigenvalue weighted by molar-refractivity contribution is 0.346. The molecule has 1 saturated carbocycles. The quantitative estimate of drug-likeness (QED) is 0.323. The van der Waals surface area contributed by atoms with E-state index < -0.39 is 0 Å². The number of benzene rings is 1. The second-order valence-electron chi connectivity index (χ2n) is 9.88. The molecule has 0 radical (unpaired) electrons. The van der Waals surface area contributed by atoms with Crippen LogP contribution in [0.15, 0.2) is 53.6 Å². The van der Waals surface area contributed by atoms with Gasteiger partial charge >= 0.3 is 5.69 Å². The third-order valence-electron chi connectivity index (χ3n) is 7.49. The van der Waals surface area contributed by atoms with Crippen molar-refractivity contribution >= 4 is 0 Å². The zero-order chi connectivity index (χ0) is 24.9. The van der Waals surface area contributed by atoms with Crippen LogP contribution in [0.1, 0.15) is 76.2 Å². The Morgan fingerprint density at radius 2 is 1.92 bits per heavy atom. The fourth-order valence-electron chi connectivity index (χ4n) is 5.66. The molecule has 0 amide bonds. The first-order chi connectivity index (χ1) is 17.7. The average molecular weight is 486 g/mol. The van der Waals surface area contributed by atoms with Gasteiger partial charge in [-0.3, -0.25) is 14.1 Å². The molecule has 1 aliphatic carbocycles. The van der Waals surface area contributed by atoms with E-state index in [-0.39, 0.29) is 5.69 Å². The van der Waals surface area contributed by atoms with Crippen LogP contribution in [0.3, 0.4) is 0 Å². The summed E-state index contributed by atoms with van der Waals surface area (Å²) < 4.78 is 4.00. The van der Waals surface area contributed by atoms with E-state index in [0.29, 0.717) is 24.3 Å². The monoisotopic (exact) mass is 485 g/mol. The zero-order valence-corrected chi connectivity index (χ0v) is 21.2. The van der Waals surface area contributed by atoms with Crippen LogP contribution in [0.2, 0.25) is 0 Å². The van der Waals surface area contributed by atoms with E-state index in [1.165, 1.54) is 25.7 Å². The van der Waals surface area contributed by atoms with Gasteiger partial charge in [-0.25, -0.2) is 9.89 Å².